The Kier molecular flexibility index (Phi) is 5.21. The fourth-order valence-corrected chi connectivity index (χ4v) is 2.50. The van der Waals surface area contributed by atoms with Crippen LogP contribution in [0.25, 0.3) is 0 Å². The molecular weight excluding hydrogens is 300 g/mol. The summed E-state index contributed by atoms with van der Waals surface area (Å²) in [7, 11) is 0. The Morgan fingerprint density at radius 3 is 2.64 bits per heavy atom. The molecule has 22 heavy (non-hydrogen) atoms. The first kappa shape index (κ1) is 16.5. The van der Waals surface area contributed by atoms with Gasteiger partial charge in [0.15, 0.2) is 0 Å². The highest BCUT2D eigenvalue weighted by Crippen LogP contribution is 2.40. The summed E-state index contributed by atoms with van der Waals surface area (Å²) in [5, 5.41) is 7.28. The topological polar surface area (TPSA) is 72.9 Å². The van der Waals surface area contributed by atoms with Crippen LogP contribution in [0.2, 0.25) is 0 Å². The van der Waals surface area contributed by atoms with Gasteiger partial charge in [0.2, 0.25) is 0 Å². The minimum Gasteiger partial charge on any atom is -0.326 e. The maximum atomic E-state index is 12.3. The number of aromatic nitrogens is 2. The smallest absolute Gasteiger partial charge is 0.256 e. The zero-order valence-corrected chi connectivity index (χ0v) is 13.3. The molecule has 118 valence electrons. The predicted octanol–water partition coefficient (Wildman–Crippen LogP) is 2.99. The number of rotatable bonds is 5. The number of nitrogens with two attached hydrogens (primary N) is 1. The summed E-state index contributed by atoms with van der Waals surface area (Å²) in [6.07, 6.45) is 4.22. The van der Waals surface area contributed by atoms with Gasteiger partial charge in [-0.05, 0) is 43.4 Å². The van der Waals surface area contributed by atoms with E-state index in [0.717, 1.165) is 11.4 Å². The number of nitrogens with one attached hydrogen (secondary N) is 1. The Balaban J connectivity index is 0.00000176. The lowest BCUT2D eigenvalue weighted by atomic mass is 10.1. The van der Waals surface area contributed by atoms with E-state index >= 15 is 0 Å². The van der Waals surface area contributed by atoms with Crippen molar-refractivity contribution in [2.24, 2.45) is 11.7 Å². The van der Waals surface area contributed by atoms with Crippen LogP contribution in [-0.4, -0.2) is 15.7 Å². The van der Waals surface area contributed by atoms with Gasteiger partial charge in [0.1, 0.15) is 5.82 Å². The molecule has 1 fully saturated rings. The molecule has 1 atom stereocenters. The number of benzene rings is 1. The number of amides is 1. The monoisotopic (exact) mass is 320 g/mol. The van der Waals surface area contributed by atoms with E-state index in [2.05, 4.69) is 17.3 Å². The molecule has 3 N–H and O–H groups in total. The van der Waals surface area contributed by atoms with Crippen LogP contribution in [0.15, 0.2) is 36.5 Å². The zero-order valence-electron chi connectivity index (χ0n) is 12.5. The predicted molar refractivity (Wildman–Crippen MR) is 89.2 cm³/mol. The molecule has 0 radical (unpaired) electrons. The molecule has 0 saturated heterocycles. The second-order valence-corrected chi connectivity index (χ2v) is 5.59. The molecule has 1 saturated carbocycles. The second-order valence-electron chi connectivity index (χ2n) is 5.59. The van der Waals surface area contributed by atoms with Crippen LogP contribution in [-0.2, 0) is 6.54 Å². The highest BCUT2D eigenvalue weighted by molar-refractivity contribution is 6.03. The van der Waals surface area contributed by atoms with Gasteiger partial charge in [-0.3, -0.25) is 4.79 Å². The van der Waals surface area contributed by atoms with Crippen LogP contribution in [0.5, 0.6) is 0 Å². The van der Waals surface area contributed by atoms with Crippen LogP contribution >= 0.6 is 12.4 Å². The fourth-order valence-electron chi connectivity index (χ4n) is 2.50. The average molecular weight is 321 g/mol. The molecule has 1 aliphatic rings. The van der Waals surface area contributed by atoms with Gasteiger partial charge < -0.3 is 11.1 Å². The molecule has 1 aromatic heterocycles. The zero-order chi connectivity index (χ0) is 14.8. The molecular formula is C16H21ClN4O. The molecule has 0 spiro atoms. The maximum absolute atomic E-state index is 12.3. The lowest BCUT2D eigenvalue weighted by Gasteiger charge is -2.15. The molecule has 1 aliphatic carbocycles. The van der Waals surface area contributed by atoms with Crippen LogP contribution in [0.4, 0.5) is 5.82 Å². The van der Waals surface area contributed by atoms with Crippen LogP contribution in [0, 0.1) is 5.92 Å². The van der Waals surface area contributed by atoms with Crippen molar-refractivity contribution in [3.05, 3.63) is 47.7 Å². The van der Waals surface area contributed by atoms with Gasteiger partial charge >= 0.3 is 0 Å². The van der Waals surface area contributed by atoms with E-state index in [9.17, 15) is 4.79 Å². The van der Waals surface area contributed by atoms with Crippen molar-refractivity contribution in [1.29, 1.82) is 0 Å². The number of hydrogen-bond donors (Lipinski definition) is 2. The van der Waals surface area contributed by atoms with Gasteiger partial charge in [0.25, 0.3) is 5.91 Å². The maximum Gasteiger partial charge on any atom is 0.256 e. The number of carbonyl (C=O) groups is 1. The van der Waals surface area contributed by atoms with E-state index in [4.69, 9.17) is 5.73 Å². The number of hydrogen-bond acceptors (Lipinski definition) is 3. The normalized spacial score (nSPS) is 15.0. The summed E-state index contributed by atoms with van der Waals surface area (Å²) in [6.45, 7) is 2.63. The van der Waals surface area contributed by atoms with Crippen molar-refractivity contribution in [3.8, 4) is 0 Å². The standard InChI is InChI=1S/C16H20N4O.ClH/c1-11(13-6-7-13)20-15(8-9-18-20)19-16(21)14-4-2-12(10-17)3-5-14;/h2-5,8-9,11,13H,6-7,10,17H2,1H3,(H,19,21);1H. The van der Waals surface area contributed by atoms with E-state index in [1.54, 1.807) is 18.3 Å². The summed E-state index contributed by atoms with van der Waals surface area (Å²) in [5.74, 6) is 1.31. The Morgan fingerprint density at radius 1 is 1.36 bits per heavy atom. The molecule has 1 heterocycles. The van der Waals surface area contributed by atoms with Crippen LogP contribution in [0.1, 0.15) is 41.7 Å². The fraction of sp³-hybridized carbons (Fsp3) is 0.375. The van der Waals surface area contributed by atoms with Gasteiger partial charge in [-0.2, -0.15) is 5.10 Å². The number of anilines is 1. The van der Waals surface area contributed by atoms with E-state index in [0.29, 0.717) is 24.1 Å². The SMILES string of the molecule is CC(C1CC1)n1nccc1NC(=O)c1ccc(CN)cc1.Cl. The van der Waals surface area contributed by atoms with Gasteiger partial charge in [0, 0.05) is 18.2 Å². The summed E-state index contributed by atoms with van der Waals surface area (Å²) < 4.78 is 1.91. The van der Waals surface area contributed by atoms with E-state index < -0.39 is 0 Å². The van der Waals surface area contributed by atoms with Gasteiger partial charge in [-0.15, -0.1) is 12.4 Å². The Morgan fingerprint density at radius 2 is 2.05 bits per heavy atom. The van der Waals surface area contributed by atoms with Crippen LogP contribution < -0.4 is 11.1 Å². The first-order valence-electron chi connectivity index (χ1n) is 7.33. The summed E-state index contributed by atoms with van der Waals surface area (Å²) in [5.41, 5.74) is 7.20. The average Bonchev–Trinajstić information content (AvgIpc) is 3.27. The summed E-state index contributed by atoms with van der Waals surface area (Å²) >= 11 is 0. The number of carbonyl (C=O) groups excluding carboxylic acids is 1. The minimum absolute atomic E-state index is 0. The molecule has 0 bridgehead atoms. The van der Waals surface area contributed by atoms with Crippen molar-refractivity contribution in [1.82, 2.24) is 9.78 Å². The highest BCUT2D eigenvalue weighted by Gasteiger charge is 2.30. The summed E-state index contributed by atoms with van der Waals surface area (Å²) in [4.78, 5) is 12.3. The van der Waals surface area contributed by atoms with E-state index in [-0.39, 0.29) is 18.3 Å². The molecule has 5 nitrogen and oxygen atoms in total. The molecule has 1 aromatic carbocycles. The van der Waals surface area contributed by atoms with Crippen molar-refractivity contribution in [3.63, 3.8) is 0 Å². The molecule has 0 aliphatic heterocycles. The largest absolute Gasteiger partial charge is 0.326 e. The molecule has 1 unspecified atom stereocenters. The molecule has 6 heteroatoms. The third kappa shape index (κ3) is 3.48. The molecule has 1 amide bonds. The number of halogens is 1. The quantitative estimate of drug-likeness (QED) is 0.889. The third-order valence-corrected chi connectivity index (χ3v) is 4.05. The van der Waals surface area contributed by atoms with Crippen molar-refractivity contribution in [2.45, 2.75) is 32.4 Å². The van der Waals surface area contributed by atoms with Gasteiger partial charge in [-0.25, -0.2) is 4.68 Å². The minimum atomic E-state index is -0.122. The highest BCUT2D eigenvalue weighted by atomic mass is 35.5. The Hall–Kier alpha value is -1.85. The van der Waals surface area contributed by atoms with E-state index in [1.165, 1.54) is 12.8 Å². The first-order chi connectivity index (χ1) is 10.2. The third-order valence-electron chi connectivity index (χ3n) is 4.05. The van der Waals surface area contributed by atoms with Crippen molar-refractivity contribution >= 4 is 24.1 Å². The van der Waals surface area contributed by atoms with Gasteiger partial charge in [-0.1, -0.05) is 12.1 Å². The van der Waals surface area contributed by atoms with Crippen molar-refractivity contribution in [2.75, 3.05) is 5.32 Å². The Labute approximate surface area is 136 Å². The molecule has 3 rings (SSSR count). The molecule has 2 aromatic rings. The van der Waals surface area contributed by atoms with Gasteiger partial charge in [0.05, 0.1) is 12.2 Å². The Bertz CT molecular complexity index is 634. The number of nitrogens with zero attached hydrogens (tertiary/aromatic N) is 2. The lowest BCUT2D eigenvalue weighted by Crippen LogP contribution is -2.18. The lowest BCUT2D eigenvalue weighted by molar-refractivity contribution is 0.102. The second kappa shape index (κ2) is 6.94. The summed E-state index contributed by atoms with van der Waals surface area (Å²) in [6, 6.07) is 9.50. The van der Waals surface area contributed by atoms with Crippen molar-refractivity contribution < 1.29 is 4.79 Å². The van der Waals surface area contributed by atoms with Crippen LogP contribution in [0.3, 0.4) is 0 Å². The first-order valence-corrected chi connectivity index (χ1v) is 7.33. The van der Waals surface area contributed by atoms with E-state index in [1.807, 2.05) is 22.9 Å².